The molecule has 0 unspecified atom stereocenters. The van der Waals surface area contributed by atoms with Gasteiger partial charge in [-0.25, -0.2) is 18.0 Å². The summed E-state index contributed by atoms with van der Waals surface area (Å²) in [5.41, 5.74) is 1.01. The Bertz CT molecular complexity index is 1370. The number of carbonyl (C=O) groups excluding carboxylic acids is 3. The zero-order chi connectivity index (χ0) is 28.7. The van der Waals surface area contributed by atoms with E-state index in [1.165, 1.54) is 22.6 Å². The topological polar surface area (TPSA) is 110 Å². The van der Waals surface area contributed by atoms with Crippen LogP contribution in [-0.2, 0) is 21.2 Å². The van der Waals surface area contributed by atoms with Crippen molar-refractivity contribution in [2.45, 2.75) is 35.7 Å². The van der Waals surface area contributed by atoms with Crippen LogP contribution in [0.3, 0.4) is 0 Å². The van der Waals surface area contributed by atoms with E-state index in [2.05, 4.69) is 22.3 Å². The summed E-state index contributed by atoms with van der Waals surface area (Å²) in [6.07, 6.45) is 2.18. The van der Waals surface area contributed by atoms with Gasteiger partial charge in [-0.05, 0) is 42.0 Å². The molecule has 10 nitrogen and oxygen atoms in total. The van der Waals surface area contributed by atoms with Crippen molar-refractivity contribution < 1.29 is 22.8 Å². The number of carbonyl (C=O) groups is 3. The van der Waals surface area contributed by atoms with Crippen molar-refractivity contribution in [1.29, 1.82) is 0 Å². The lowest BCUT2D eigenvalue weighted by molar-refractivity contribution is -0.133. The highest BCUT2D eigenvalue weighted by Crippen LogP contribution is 2.36. The van der Waals surface area contributed by atoms with E-state index < -0.39 is 21.4 Å². The highest BCUT2D eigenvalue weighted by atomic mass is 32.2. The van der Waals surface area contributed by atoms with Crippen LogP contribution in [-0.4, -0.2) is 105 Å². The number of hydrogen-bond acceptors (Lipinski definition) is 6. The summed E-state index contributed by atoms with van der Waals surface area (Å²) in [6.45, 7) is 3.60. The van der Waals surface area contributed by atoms with Crippen molar-refractivity contribution in [1.82, 2.24) is 24.9 Å². The maximum atomic E-state index is 13.5. The fourth-order valence-corrected chi connectivity index (χ4v) is 6.84. The highest BCUT2D eigenvalue weighted by Gasteiger charge is 2.52. The van der Waals surface area contributed by atoms with Crippen molar-refractivity contribution in [3.63, 3.8) is 0 Å². The van der Waals surface area contributed by atoms with Crippen LogP contribution in [0, 0.1) is 5.92 Å². The monoisotopic (exact) mass is 567 g/mol. The maximum absolute atomic E-state index is 13.5. The molecular weight excluding hydrogens is 530 g/mol. The summed E-state index contributed by atoms with van der Waals surface area (Å²) in [5, 5.41) is 2.96. The molecule has 1 N–H and O–H groups in total. The molecule has 0 saturated carbocycles. The Labute approximate surface area is 235 Å². The van der Waals surface area contributed by atoms with Gasteiger partial charge in [0.25, 0.3) is 5.91 Å². The number of likely N-dealkylation sites (tertiary alicyclic amines) is 2. The molecular formula is C29H37N5O5S. The first-order chi connectivity index (χ1) is 19.0. The molecule has 0 bridgehead atoms. The SMILES string of the molecule is CN(C)C(=O)N1C[C@H](CN2CCC3(CC2)NC(=O)N(Cc2ccc(S(C)(=O)=O)cc2)C3=O)[C@@H](c2ccccc2)C1. The zero-order valence-corrected chi connectivity index (χ0v) is 24.1. The molecule has 3 heterocycles. The number of urea groups is 2. The number of amides is 5. The molecule has 3 saturated heterocycles. The first-order valence-electron chi connectivity index (χ1n) is 13.6. The number of piperidine rings is 1. The van der Waals surface area contributed by atoms with Crippen LogP contribution in [0.5, 0.6) is 0 Å². The molecule has 2 atom stereocenters. The van der Waals surface area contributed by atoms with E-state index in [1.807, 2.05) is 23.1 Å². The van der Waals surface area contributed by atoms with Crippen LogP contribution < -0.4 is 5.32 Å². The van der Waals surface area contributed by atoms with Crippen LogP contribution in [0.4, 0.5) is 9.59 Å². The van der Waals surface area contributed by atoms with Gasteiger partial charge >= 0.3 is 12.1 Å². The van der Waals surface area contributed by atoms with E-state index >= 15 is 0 Å². The molecule has 0 radical (unpaired) electrons. The van der Waals surface area contributed by atoms with Gasteiger partial charge in [-0.3, -0.25) is 9.69 Å². The molecule has 2 aromatic rings. The Hall–Kier alpha value is -3.44. The van der Waals surface area contributed by atoms with E-state index in [4.69, 9.17) is 0 Å². The van der Waals surface area contributed by atoms with Gasteiger partial charge in [-0.2, -0.15) is 0 Å². The average Bonchev–Trinajstić information content (AvgIpc) is 3.44. The quantitative estimate of drug-likeness (QED) is 0.537. The maximum Gasteiger partial charge on any atom is 0.325 e. The first-order valence-corrected chi connectivity index (χ1v) is 15.5. The third kappa shape index (κ3) is 5.57. The van der Waals surface area contributed by atoms with Crippen molar-refractivity contribution in [3.05, 3.63) is 65.7 Å². The van der Waals surface area contributed by atoms with E-state index in [0.717, 1.165) is 12.8 Å². The summed E-state index contributed by atoms with van der Waals surface area (Å²) < 4.78 is 23.5. The summed E-state index contributed by atoms with van der Waals surface area (Å²) >= 11 is 0. The number of nitrogens with one attached hydrogen (secondary N) is 1. The normalized spacial score (nSPS) is 23.1. The Morgan fingerprint density at radius 2 is 1.65 bits per heavy atom. The summed E-state index contributed by atoms with van der Waals surface area (Å²) in [6, 6.07) is 16.2. The van der Waals surface area contributed by atoms with Crippen molar-refractivity contribution in [3.8, 4) is 0 Å². The minimum Gasteiger partial charge on any atom is -0.331 e. The van der Waals surface area contributed by atoms with Gasteiger partial charge in [0.2, 0.25) is 0 Å². The number of rotatable bonds is 6. The number of sulfone groups is 1. The molecule has 0 aromatic heterocycles. The summed E-state index contributed by atoms with van der Waals surface area (Å²) in [5.74, 6) is 0.272. The molecule has 11 heteroatoms. The number of nitrogens with zero attached hydrogens (tertiary/aromatic N) is 4. The number of hydrogen-bond donors (Lipinski definition) is 1. The van der Waals surface area contributed by atoms with Crippen LogP contribution in [0.15, 0.2) is 59.5 Å². The lowest BCUT2D eigenvalue weighted by Crippen LogP contribution is -2.55. The molecule has 3 fully saturated rings. The van der Waals surface area contributed by atoms with E-state index in [9.17, 15) is 22.8 Å². The number of benzene rings is 2. The molecule has 0 aliphatic carbocycles. The van der Waals surface area contributed by atoms with E-state index in [1.54, 1.807) is 31.1 Å². The lowest BCUT2D eigenvalue weighted by atomic mass is 9.85. The molecule has 2 aromatic carbocycles. The smallest absolute Gasteiger partial charge is 0.325 e. The van der Waals surface area contributed by atoms with Gasteiger partial charge in [0.05, 0.1) is 11.4 Å². The second-order valence-corrected chi connectivity index (χ2v) is 13.5. The van der Waals surface area contributed by atoms with E-state index in [0.29, 0.717) is 44.6 Å². The molecule has 3 aliphatic rings. The summed E-state index contributed by atoms with van der Waals surface area (Å²) in [4.78, 5) is 46.4. The Kier molecular flexibility index (Phi) is 7.62. The minimum absolute atomic E-state index is 0.0198. The van der Waals surface area contributed by atoms with Crippen molar-refractivity contribution >= 4 is 27.8 Å². The fraction of sp³-hybridized carbons (Fsp3) is 0.483. The first kappa shape index (κ1) is 28.1. The standard InChI is InChI=1S/C29H37N5O5S/c1-31(2)28(37)33-19-23(25(20-33)22-7-5-4-6-8-22)18-32-15-13-29(14-16-32)26(35)34(27(36)30-29)17-21-9-11-24(12-10-21)40(3,38)39/h4-12,23,25H,13-20H2,1-3H3,(H,30,36)/t23-,25+/m0/s1. The summed E-state index contributed by atoms with van der Waals surface area (Å²) in [7, 11) is 0.231. The largest absolute Gasteiger partial charge is 0.331 e. The van der Waals surface area contributed by atoms with Gasteiger partial charge in [0.1, 0.15) is 5.54 Å². The second kappa shape index (κ2) is 10.9. The Morgan fingerprint density at radius 3 is 2.25 bits per heavy atom. The predicted octanol–water partition coefficient (Wildman–Crippen LogP) is 2.37. The van der Waals surface area contributed by atoms with Crippen LogP contribution >= 0.6 is 0 Å². The lowest BCUT2D eigenvalue weighted by Gasteiger charge is -2.38. The number of imide groups is 1. The van der Waals surface area contributed by atoms with Crippen LogP contribution in [0.2, 0.25) is 0 Å². The fourth-order valence-electron chi connectivity index (χ4n) is 6.21. The average molecular weight is 568 g/mol. The van der Waals surface area contributed by atoms with Crippen molar-refractivity contribution in [2.24, 2.45) is 5.92 Å². The third-order valence-corrected chi connectivity index (χ3v) is 9.59. The van der Waals surface area contributed by atoms with Gasteiger partial charge in [0, 0.05) is 59.0 Å². The zero-order valence-electron chi connectivity index (χ0n) is 23.2. The van der Waals surface area contributed by atoms with E-state index in [-0.39, 0.29) is 35.2 Å². The molecule has 214 valence electrons. The third-order valence-electron chi connectivity index (χ3n) is 8.46. The van der Waals surface area contributed by atoms with Gasteiger partial charge in [-0.1, -0.05) is 42.5 Å². The van der Waals surface area contributed by atoms with Gasteiger partial charge < -0.3 is 20.0 Å². The molecule has 3 aliphatic heterocycles. The van der Waals surface area contributed by atoms with Crippen molar-refractivity contribution in [2.75, 3.05) is 53.1 Å². The highest BCUT2D eigenvalue weighted by molar-refractivity contribution is 7.90. The molecule has 40 heavy (non-hydrogen) atoms. The Balaban J connectivity index is 1.22. The van der Waals surface area contributed by atoms with Crippen LogP contribution in [0.25, 0.3) is 0 Å². The van der Waals surface area contributed by atoms with Crippen LogP contribution in [0.1, 0.15) is 29.9 Å². The predicted molar refractivity (Wildman–Crippen MR) is 150 cm³/mol. The molecule has 5 rings (SSSR count). The molecule has 1 spiro atoms. The second-order valence-electron chi connectivity index (χ2n) is 11.5. The Morgan fingerprint density at radius 1 is 1.00 bits per heavy atom. The molecule has 5 amide bonds. The van der Waals surface area contributed by atoms with Gasteiger partial charge in [0.15, 0.2) is 9.84 Å². The minimum atomic E-state index is -3.32. The van der Waals surface area contributed by atoms with Gasteiger partial charge in [-0.15, -0.1) is 0 Å².